The molecule has 5 heteroatoms. The Morgan fingerprint density at radius 2 is 1.95 bits per heavy atom. The number of carboxylic acids is 1. The van der Waals surface area contributed by atoms with Crippen molar-refractivity contribution >= 4 is 12.0 Å². The van der Waals surface area contributed by atoms with Crippen LogP contribution in [0.15, 0.2) is 30.3 Å². The predicted molar refractivity (Wildman–Crippen MR) is 82.1 cm³/mol. The largest absolute Gasteiger partial charge is 0.481 e. The van der Waals surface area contributed by atoms with Crippen LogP contribution >= 0.6 is 0 Å². The number of carbonyl (C=O) groups is 2. The lowest BCUT2D eigenvalue weighted by molar-refractivity contribution is -0.136. The van der Waals surface area contributed by atoms with Crippen molar-refractivity contribution in [1.82, 2.24) is 10.2 Å². The summed E-state index contributed by atoms with van der Waals surface area (Å²) in [5, 5.41) is 11.3. The van der Waals surface area contributed by atoms with Gasteiger partial charge < -0.3 is 15.3 Å². The molecule has 0 saturated heterocycles. The summed E-state index contributed by atoms with van der Waals surface area (Å²) >= 11 is 0. The van der Waals surface area contributed by atoms with E-state index < -0.39 is 5.97 Å². The molecule has 1 aromatic carbocycles. The van der Waals surface area contributed by atoms with Gasteiger partial charge >= 0.3 is 12.0 Å². The monoisotopic (exact) mass is 292 g/mol. The molecule has 0 saturated carbocycles. The van der Waals surface area contributed by atoms with Gasteiger partial charge in [-0.3, -0.25) is 4.79 Å². The van der Waals surface area contributed by atoms with E-state index in [2.05, 4.69) is 12.2 Å². The van der Waals surface area contributed by atoms with Crippen LogP contribution in [0.2, 0.25) is 0 Å². The number of hydrogen-bond donors (Lipinski definition) is 2. The lowest BCUT2D eigenvalue weighted by Crippen LogP contribution is -2.42. The Morgan fingerprint density at radius 1 is 1.29 bits per heavy atom. The molecule has 1 atom stereocenters. The van der Waals surface area contributed by atoms with Crippen molar-refractivity contribution in [3.8, 4) is 0 Å². The van der Waals surface area contributed by atoms with Crippen LogP contribution in [0.1, 0.15) is 44.7 Å². The van der Waals surface area contributed by atoms with Gasteiger partial charge in [0.05, 0.1) is 12.5 Å². The average Bonchev–Trinajstić information content (AvgIpc) is 2.48. The van der Waals surface area contributed by atoms with Crippen LogP contribution in [0.4, 0.5) is 4.79 Å². The zero-order valence-corrected chi connectivity index (χ0v) is 12.7. The van der Waals surface area contributed by atoms with Crippen molar-refractivity contribution in [2.24, 2.45) is 0 Å². The summed E-state index contributed by atoms with van der Waals surface area (Å²) in [6, 6.07) is 9.59. The van der Waals surface area contributed by atoms with Crippen molar-refractivity contribution in [1.29, 1.82) is 0 Å². The summed E-state index contributed by atoms with van der Waals surface area (Å²) in [6.07, 6.45) is 1.86. The number of unbranched alkanes of at least 4 members (excludes halogenated alkanes) is 1. The molecule has 0 bridgehead atoms. The molecule has 0 aliphatic heterocycles. The highest BCUT2D eigenvalue weighted by Gasteiger charge is 2.20. The number of rotatable bonds is 8. The molecular formula is C16H24N2O3. The van der Waals surface area contributed by atoms with Gasteiger partial charge in [0.15, 0.2) is 0 Å². The van der Waals surface area contributed by atoms with Crippen LogP contribution in [-0.2, 0) is 4.79 Å². The Hall–Kier alpha value is -2.04. The Kier molecular flexibility index (Phi) is 7.29. The minimum absolute atomic E-state index is 0.0393. The third kappa shape index (κ3) is 5.85. The standard InChI is InChI=1S/C16H24N2O3/c1-3-4-12-18(16(21)17-11-10-15(19)20)13(2)14-8-6-5-7-9-14/h5-9,13H,3-4,10-12H2,1-2H3,(H,17,21)(H,19,20). The number of benzene rings is 1. The fourth-order valence-corrected chi connectivity index (χ4v) is 2.09. The molecular weight excluding hydrogens is 268 g/mol. The molecule has 0 heterocycles. The number of hydrogen-bond acceptors (Lipinski definition) is 2. The Balaban J connectivity index is 2.69. The number of amides is 2. The first-order valence-electron chi connectivity index (χ1n) is 7.37. The maximum Gasteiger partial charge on any atom is 0.317 e. The van der Waals surface area contributed by atoms with E-state index in [0.29, 0.717) is 6.54 Å². The molecule has 5 nitrogen and oxygen atoms in total. The molecule has 116 valence electrons. The summed E-state index contributed by atoms with van der Waals surface area (Å²) in [4.78, 5) is 24.5. The SMILES string of the molecule is CCCCN(C(=O)NCCC(=O)O)C(C)c1ccccc1. The van der Waals surface area contributed by atoms with Crippen LogP contribution in [0.5, 0.6) is 0 Å². The van der Waals surface area contributed by atoms with Gasteiger partial charge in [0, 0.05) is 13.1 Å². The summed E-state index contributed by atoms with van der Waals surface area (Å²) in [5.74, 6) is -0.911. The highest BCUT2D eigenvalue weighted by atomic mass is 16.4. The number of nitrogens with one attached hydrogen (secondary N) is 1. The molecule has 2 amide bonds. The van der Waals surface area contributed by atoms with Gasteiger partial charge in [-0.2, -0.15) is 0 Å². The first-order chi connectivity index (χ1) is 10.1. The van der Waals surface area contributed by atoms with Gasteiger partial charge in [0.1, 0.15) is 0 Å². The van der Waals surface area contributed by atoms with Crippen molar-refractivity contribution in [3.05, 3.63) is 35.9 Å². The first kappa shape index (κ1) is 17.0. The molecule has 1 aromatic rings. The average molecular weight is 292 g/mol. The van der Waals surface area contributed by atoms with E-state index in [9.17, 15) is 9.59 Å². The first-order valence-corrected chi connectivity index (χ1v) is 7.37. The summed E-state index contributed by atoms with van der Waals surface area (Å²) in [7, 11) is 0. The maximum absolute atomic E-state index is 12.3. The minimum Gasteiger partial charge on any atom is -0.481 e. The second-order valence-electron chi connectivity index (χ2n) is 5.01. The summed E-state index contributed by atoms with van der Waals surface area (Å²) in [5.41, 5.74) is 1.07. The van der Waals surface area contributed by atoms with E-state index in [0.717, 1.165) is 18.4 Å². The normalized spacial score (nSPS) is 11.7. The fraction of sp³-hybridized carbons (Fsp3) is 0.500. The van der Waals surface area contributed by atoms with Crippen molar-refractivity contribution in [2.75, 3.05) is 13.1 Å². The summed E-state index contributed by atoms with van der Waals surface area (Å²) in [6.45, 7) is 4.87. The predicted octanol–water partition coefficient (Wildman–Crippen LogP) is 3.03. The maximum atomic E-state index is 12.3. The van der Waals surface area contributed by atoms with Gasteiger partial charge in [-0.15, -0.1) is 0 Å². The molecule has 0 radical (unpaired) electrons. The second-order valence-corrected chi connectivity index (χ2v) is 5.01. The lowest BCUT2D eigenvalue weighted by atomic mass is 10.1. The van der Waals surface area contributed by atoms with Crippen LogP contribution in [0.3, 0.4) is 0 Å². The Morgan fingerprint density at radius 3 is 2.52 bits per heavy atom. The number of carbonyl (C=O) groups excluding carboxylic acids is 1. The molecule has 0 spiro atoms. The van der Waals surface area contributed by atoms with E-state index in [1.807, 2.05) is 37.3 Å². The second kappa shape index (κ2) is 9.00. The number of carboxylic acid groups (broad SMARTS) is 1. The molecule has 0 aromatic heterocycles. The smallest absolute Gasteiger partial charge is 0.317 e. The van der Waals surface area contributed by atoms with Crippen molar-refractivity contribution in [3.63, 3.8) is 0 Å². The molecule has 1 unspecified atom stereocenters. The molecule has 0 fully saturated rings. The van der Waals surface area contributed by atoms with Crippen molar-refractivity contribution < 1.29 is 14.7 Å². The van der Waals surface area contributed by atoms with E-state index in [1.165, 1.54) is 0 Å². The molecule has 0 aliphatic rings. The fourth-order valence-electron chi connectivity index (χ4n) is 2.09. The van der Waals surface area contributed by atoms with E-state index >= 15 is 0 Å². The van der Waals surface area contributed by atoms with Crippen LogP contribution in [-0.4, -0.2) is 35.1 Å². The summed E-state index contributed by atoms with van der Waals surface area (Å²) < 4.78 is 0. The molecule has 1 rings (SSSR count). The quantitative estimate of drug-likeness (QED) is 0.773. The van der Waals surface area contributed by atoms with Crippen molar-refractivity contribution in [2.45, 2.75) is 39.2 Å². The Bertz CT molecular complexity index is 448. The van der Waals surface area contributed by atoms with Gasteiger partial charge in [-0.25, -0.2) is 4.79 Å². The van der Waals surface area contributed by atoms with Crippen LogP contribution in [0.25, 0.3) is 0 Å². The van der Waals surface area contributed by atoms with Gasteiger partial charge in [-0.05, 0) is 18.9 Å². The van der Waals surface area contributed by atoms with Crippen LogP contribution < -0.4 is 5.32 Å². The van der Waals surface area contributed by atoms with Gasteiger partial charge in [0.2, 0.25) is 0 Å². The van der Waals surface area contributed by atoms with Crippen LogP contribution in [0, 0.1) is 0 Å². The number of nitrogens with zero attached hydrogens (tertiary/aromatic N) is 1. The lowest BCUT2D eigenvalue weighted by Gasteiger charge is -2.29. The minimum atomic E-state index is -0.911. The number of aliphatic carboxylic acids is 1. The van der Waals surface area contributed by atoms with E-state index in [1.54, 1.807) is 4.90 Å². The Labute approximate surface area is 126 Å². The number of urea groups is 1. The zero-order valence-electron chi connectivity index (χ0n) is 12.7. The molecule has 0 aliphatic carbocycles. The molecule has 21 heavy (non-hydrogen) atoms. The molecule has 2 N–H and O–H groups in total. The third-order valence-corrected chi connectivity index (χ3v) is 3.38. The van der Waals surface area contributed by atoms with Gasteiger partial charge in [0.25, 0.3) is 0 Å². The van der Waals surface area contributed by atoms with E-state index in [4.69, 9.17) is 5.11 Å². The highest BCUT2D eigenvalue weighted by molar-refractivity contribution is 5.75. The topological polar surface area (TPSA) is 69.6 Å². The van der Waals surface area contributed by atoms with E-state index in [-0.39, 0.29) is 25.0 Å². The van der Waals surface area contributed by atoms with Gasteiger partial charge in [-0.1, -0.05) is 43.7 Å². The third-order valence-electron chi connectivity index (χ3n) is 3.38. The zero-order chi connectivity index (χ0) is 15.7. The highest BCUT2D eigenvalue weighted by Crippen LogP contribution is 2.20.